The zero-order valence-corrected chi connectivity index (χ0v) is 14.1. The number of hydrogen-bond donors (Lipinski definition) is 1. The van der Waals surface area contributed by atoms with Crippen molar-refractivity contribution in [3.63, 3.8) is 0 Å². The molecule has 0 aromatic carbocycles. The fraction of sp³-hybridized carbons (Fsp3) is 0. The van der Waals surface area contributed by atoms with Gasteiger partial charge in [-0.25, -0.2) is 0 Å². The Bertz CT molecular complexity index is 9.51. The molecule has 0 aromatic rings. The van der Waals surface area contributed by atoms with Crippen molar-refractivity contribution in [2.24, 2.45) is 0 Å². The molecule has 6 heavy (non-hydrogen) atoms. The average Bonchev–Trinajstić information content (AvgIpc) is 0.918. The molecule has 0 saturated heterocycles. The van der Waals surface area contributed by atoms with E-state index in [1.807, 2.05) is 18.5 Å². The molecule has 0 aliphatic heterocycles. The van der Waals surface area contributed by atoms with Gasteiger partial charge in [0.2, 0.25) is 0 Å². The molecule has 0 amide bonds. The van der Waals surface area contributed by atoms with E-state index >= 15 is 0 Å². The van der Waals surface area contributed by atoms with Crippen LogP contribution in [0.25, 0.3) is 0 Å². The molecule has 0 bridgehead atoms. The molecular weight excluding hydrogens is 624 g/mol. The molecule has 0 fully saturated rings. The van der Waals surface area contributed by atoms with E-state index < -0.39 is 0 Å². The van der Waals surface area contributed by atoms with E-state index in [4.69, 9.17) is 0 Å². The van der Waals surface area contributed by atoms with Crippen LogP contribution in [-0.4, -0.2) is 0 Å². The first-order valence-corrected chi connectivity index (χ1v) is 4.60. The Morgan fingerprint density at radius 3 is 1.33 bits per heavy atom. The maximum atomic E-state index is 3.71. The van der Waals surface area contributed by atoms with Gasteiger partial charge >= 0.3 is 38.7 Å². The Balaban J connectivity index is -0.00000000667. The van der Waals surface area contributed by atoms with Crippen LogP contribution in [0.3, 0.4) is 0 Å². The van der Waals surface area contributed by atoms with Crippen molar-refractivity contribution in [3.05, 3.63) is 0 Å². The van der Waals surface area contributed by atoms with Gasteiger partial charge in [-0.05, 0) is 0 Å². The zero-order chi connectivity index (χ0) is 2.71. The second kappa shape index (κ2) is 23.7. The van der Waals surface area contributed by atoms with Gasteiger partial charge in [0, 0.05) is 63.2 Å². The zero-order valence-electron chi connectivity index (χ0n) is 2.49. The maximum absolute atomic E-state index is 3.71. The minimum Gasteiger partial charge on any atom is 0 e. The standard InChI is InChI=1S/2Mo.H2S2.2W/c;;1-2;;/h;;1-2H;;/q;+1;;;/p-1. The van der Waals surface area contributed by atoms with Crippen LogP contribution in [0.4, 0.5) is 0 Å². The van der Waals surface area contributed by atoms with Crippen LogP contribution in [0.5, 0.6) is 0 Å². The summed E-state index contributed by atoms with van der Waals surface area (Å²) < 4.78 is 0. The summed E-state index contributed by atoms with van der Waals surface area (Å²) >= 11 is 5.56. The molecule has 0 rings (SSSR count). The van der Waals surface area contributed by atoms with Crippen molar-refractivity contribution in [2.75, 3.05) is 0 Å². The molecule has 6 heteroatoms. The Morgan fingerprint density at radius 1 is 1.33 bits per heavy atom. The quantitative estimate of drug-likeness (QED) is 0.239. The van der Waals surface area contributed by atoms with E-state index in [1.54, 1.807) is 0 Å². The first-order valence-electron chi connectivity index (χ1n) is 0.349. The third-order valence-corrected chi connectivity index (χ3v) is 0. The molecular formula is HMo2S2W2. The van der Waals surface area contributed by atoms with Crippen LogP contribution in [0.2, 0.25) is 0 Å². The second-order valence-electron chi connectivity index (χ2n) is 0.0745. The number of rotatable bonds is 0. The summed E-state index contributed by atoms with van der Waals surface area (Å²) in [5, 5.41) is 0. The first kappa shape index (κ1) is 22.7. The molecule has 0 aromatic heterocycles. The van der Waals surface area contributed by atoms with Crippen LogP contribution >= 0.6 is 20.2 Å². The van der Waals surface area contributed by atoms with Gasteiger partial charge in [-0.1, -0.05) is 0 Å². The van der Waals surface area contributed by atoms with Gasteiger partial charge in [0.05, 0.1) is 0 Å². The summed E-state index contributed by atoms with van der Waals surface area (Å²) in [6, 6.07) is 0. The number of thiol groups is 1. The van der Waals surface area contributed by atoms with E-state index in [9.17, 15) is 0 Å². The van der Waals surface area contributed by atoms with E-state index in [2.05, 4.69) is 11.7 Å². The molecule has 0 aliphatic rings. The van der Waals surface area contributed by atoms with Gasteiger partial charge in [-0.2, -0.15) is 0 Å². The van der Waals surface area contributed by atoms with Crippen molar-refractivity contribution in [1.29, 1.82) is 0 Å². The molecule has 37 valence electrons. The van der Waals surface area contributed by atoms with Crippen LogP contribution in [0, 0.1) is 0 Å². The molecule has 0 N–H and O–H groups in total. The second-order valence-corrected chi connectivity index (χ2v) is 3.97. The summed E-state index contributed by atoms with van der Waals surface area (Å²) in [6.07, 6.45) is 0. The summed E-state index contributed by atoms with van der Waals surface area (Å²) in [4.78, 5) is 0. The van der Waals surface area contributed by atoms with Gasteiger partial charge < -0.3 is 0 Å². The van der Waals surface area contributed by atoms with E-state index in [1.165, 1.54) is 8.50 Å². The van der Waals surface area contributed by atoms with Gasteiger partial charge in [0.1, 0.15) is 0 Å². The molecule has 0 nitrogen and oxygen atoms in total. The van der Waals surface area contributed by atoms with E-state index in [0.717, 1.165) is 0 Å². The van der Waals surface area contributed by atoms with Crippen molar-refractivity contribution in [2.45, 2.75) is 0 Å². The van der Waals surface area contributed by atoms with Crippen LogP contribution in [0.1, 0.15) is 0 Å². The third-order valence-electron chi connectivity index (χ3n) is 0. The summed E-state index contributed by atoms with van der Waals surface area (Å²) in [6.45, 7) is 0. The predicted molar refractivity (Wildman–Crippen MR) is 16.6 cm³/mol. The minimum absolute atomic E-state index is 0. The van der Waals surface area contributed by atoms with Crippen LogP contribution in [0.15, 0.2) is 0 Å². The van der Waals surface area contributed by atoms with Crippen LogP contribution < -0.4 is 0 Å². The molecule has 0 heterocycles. The largest absolute Gasteiger partial charge is 0 e. The smallest absolute Gasteiger partial charge is 0 e. The van der Waals surface area contributed by atoms with Crippen molar-refractivity contribution < 1.29 is 81.7 Å². The first-order chi connectivity index (χ1) is 1.41. The minimum atomic E-state index is 0. The van der Waals surface area contributed by atoms with Crippen LogP contribution in [-0.2, 0) is 81.7 Å². The Morgan fingerprint density at radius 2 is 1.33 bits per heavy atom. The Kier molecular flexibility index (Phi) is 89.6. The van der Waals surface area contributed by atoms with Crippen molar-refractivity contribution in [1.82, 2.24) is 0 Å². The summed E-state index contributed by atoms with van der Waals surface area (Å²) in [5.74, 6) is 0. The van der Waals surface area contributed by atoms with E-state index in [-0.39, 0.29) is 63.2 Å². The SMILES string of the molecule is S[S][Mo].[Mo].[W].[W]. The molecule has 0 aliphatic carbocycles. The van der Waals surface area contributed by atoms with Gasteiger partial charge in [0.15, 0.2) is 0 Å². The molecule has 0 spiro atoms. The fourth-order valence-electron chi connectivity index (χ4n) is 0. The normalized spacial score (nSPS) is 2.83. The fourth-order valence-corrected chi connectivity index (χ4v) is 0. The number of hydrogen-bond acceptors (Lipinski definition) is 2. The van der Waals surface area contributed by atoms with Crippen molar-refractivity contribution in [3.8, 4) is 0 Å². The predicted octanol–water partition coefficient (Wildman–Crippen LogP) is 1.02. The van der Waals surface area contributed by atoms with Gasteiger partial charge in [-0.3, -0.25) is 0 Å². The Labute approximate surface area is 99.9 Å². The monoisotopic (exact) mass is 629 g/mol. The van der Waals surface area contributed by atoms with Gasteiger partial charge in [0.25, 0.3) is 0 Å². The summed E-state index contributed by atoms with van der Waals surface area (Å²) in [5.41, 5.74) is 0. The average molecular weight is 625 g/mol. The molecule has 0 unspecified atom stereocenters. The summed E-state index contributed by atoms with van der Waals surface area (Å²) in [7, 11) is 1.45. The molecule has 0 radical (unpaired) electrons. The topological polar surface area (TPSA) is 0 Å². The molecule has 0 atom stereocenters. The van der Waals surface area contributed by atoms with E-state index in [0.29, 0.717) is 0 Å². The Hall–Kier alpha value is 3.45. The van der Waals surface area contributed by atoms with Gasteiger partial charge in [-0.15, -0.1) is 0 Å². The maximum Gasteiger partial charge on any atom is 0 e. The molecule has 0 saturated carbocycles. The third kappa shape index (κ3) is 26.0. The van der Waals surface area contributed by atoms with Crippen molar-refractivity contribution >= 4 is 20.2 Å².